The van der Waals surface area contributed by atoms with Crippen molar-refractivity contribution in [2.24, 2.45) is 0 Å². The van der Waals surface area contributed by atoms with E-state index in [-0.39, 0.29) is 18.1 Å². The summed E-state index contributed by atoms with van der Waals surface area (Å²) in [6.07, 6.45) is 5.76. The first-order chi connectivity index (χ1) is 14.8. The summed E-state index contributed by atoms with van der Waals surface area (Å²) in [6, 6.07) is 15.7. The number of benzene rings is 2. The lowest BCUT2D eigenvalue weighted by atomic mass is 9.96. The third-order valence-electron chi connectivity index (χ3n) is 6.11. The van der Waals surface area contributed by atoms with Crippen LogP contribution in [0.5, 0.6) is 0 Å². The molecule has 0 N–H and O–H groups in total. The van der Waals surface area contributed by atoms with E-state index in [1.54, 1.807) is 12.4 Å². The van der Waals surface area contributed by atoms with Crippen molar-refractivity contribution >= 4 is 16.9 Å². The SMILES string of the molecule is O=C(c1ccc2nccnc2c1)N1CCO[C@@H](CN2CCCC2)[C@@H]1c1ccccc1. The van der Waals surface area contributed by atoms with E-state index < -0.39 is 0 Å². The summed E-state index contributed by atoms with van der Waals surface area (Å²) < 4.78 is 6.24. The van der Waals surface area contributed by atoms with Crippen molar-refractivity contribution in [3.8, 4) is 0 Å². The smallest absolute Gasteiger partial charge is 0.254 e. The van der Waals surface area contributed by atoms with Gasteiger partial charge in [-0.1, -0.05) is 30.3 Å². The fourth-order valence-electron chi connectivity index (χ4n) is 4.64. The average Bonchev–Trinajstić information content (AvgIpc) is 3.32. The van der Waals surface area contributed by atoms with Crippen LogP contribution in [0.1, 0.15) is 34.8 Å². The van der Waals surface area contributed by atoms with E-state index in [0.717, 1.165) is 36.2 Å². The second-order valence-electron chi connectivity index (χ2n) is 8.03. The summed E-state index contributed by atoms with van der Waals surface area (Å²) in [7, 11) is 0. The first kappa shape index (κ1) is 19.2. The topological polar surface area (TPSA) is 58.6 Å². The lowest BCUT2D eigenvalue weighted by molar-refractivity contribution is -0.0707. The zero-order valence-electron chi connectivity index (χ0n) is 17.0. The maximum atomic E-state index is 13.6. The minimum Gasteiger partial charge on any atom is -0.373 e. The molecule has 2 fully saturated rings. The van der Waals surface area contributed by atoms with Gasteiger partial charge in [-0.05, 0) is 49.7 Å². The van der Waals surface area contributed by atoms with Gasteiger partial charge in [0.25, 0.3) is 5.91 Å². The third-order valence-corrected chi connectivity index (χ3v) is 6.11. The molecule has 2 atom stereocenters. The fraction of sp³-hybridized carbons (Fsp3) is 0.375. The highest BCUT2D eigenvalue weighted by Crippen LogP contribution is 2.32. The van der Waals surface area contributed by atoms with Crippen LogP contribution >= 0.6 is 0 Å². The molecule has 3 aromatic rings. The van der Waals surface area contributed by atoms with Gasteiger partial charge in [-0.2, -0.15) is 0 Å². The van der Waals surface area contributed by atoms with Crippen LogP contribution in [-0.2, 0) is 4.74 Å². The fourth-order valence-corrected chi connectivity index (χ4v) is 4.64. The maximum absolute atomic E-state index is 13.6. The lowest BCUT2D eigenvalue weighted by Gasteiger charge is -2.42. The van der Waals surface area contributed by atoms with Crippen LogP contribution in [0.2, 0.25) is 0 Å². The minimum absolute atomic E-state index is 0.0196. The van der Waals surface area contributed by atoms with Gasteiger partial charge in [0, 0.05) is 31.0 Å². The highest BCUT2D eigenvalue weighted by atomic mass is 16.5. The first-order valence-corrected chi connectivity index (χ1v) is 10.7. The Morgan fingerprint density at radius 1 is 0.967 bits per heavy atom. The molecule has 2 aliphatic heterocycles. The highest BCUT2D eigenvalue weighted by Gasteiger charge is 2.38. The molecular weight excluding hydrogens is 376 g/mol. The molecule has 0 radical (unpaired) electrons. The van der Waals surface area contributed by atoms with Gasteiger partial charge >= 0.3 is 0 Å². The molecule has 1 amide bonds. The van der Waals surface area contributed by atoms with Crippen molar-refractivity contribution in [2.75, 3.05) is 32.8 Å². The largest absolute Gasteiger partial charge is 0.373 e. The highest BCUT2D eigenvalue weighted by molar-refractivity contribution is 5.97. The Balaban J connectivity index is 1.47. The second kappa shape index (κ2) is 8.50. The summed E-state index contributed by atoms with van der Waals surface area (Å²) >= 11 is 0. The molecule has 5 rings (SSSR count). The standard InChI is InChI=1S/C24H26N4O2/c29-24(19-8-9-20-21(16-19)26-11-10-25-20)28-14-15-30-22(17-27-12-4-5-13-27)23(28)18-6-2-1-3-7-18/h1-3,6-11,16,22-23H,4-5,12-15,17H2/t22-,23-/m0/s1. The van der Waals surface area contributed by atoms with Crippen molar-refractivity contribution in [3.63, 3.8) is 0 Å². The van der Waals surface area contributed by atoms with Crippen LogP contribution in [0, 0.1) is 0 Å². The van der Waals surface area contributed by atoms with Crippen LogP contribution in [0.3, 0.4) is 0 Å². The number of amides is 1. The number of likely N-dealkylation sites (tertiary alicyclic amines) is 1. The molecule has 30 heavy (non-hydrogen) atoms. The number of fused-ring (bicyclic) bond motifs is 1. The Labute approximate surface area is 176 Å². The van der Waals surface area contributed by atoms with Crippen LogP contribution < -0.4 is 0 Å². The van der Waals surface area contributed by atoms with E-state index in [1.807, 2.05) is 41.3 Å². The number of rotatable bonds is 4. The Kier molecular flexibility index (Phi) is 5.43. The molecule has 6 nitrogen and oxygen atoms in total. The van der Waals surface area contributed by atoms with Crippen LogP contribution in [0.4, 0.5) is 0 Å². The zero-order chi connectivity index (χ0) is 20.3. The monoisotopic (exact) mass is 402 g/mol. The number of hydrogen-bond donors (Lipinski definition) is 0. The quantitative estimate of drug-likeness (QED) is 0.670. The number of carbonyl (C=O) groups is 1. The van der Waals surface area contributed by atoms with Gasteiger partial charge in [0.1, 0.15) is 0 Å². The first-order valence-electron chi connectivity index (χ1n) is 10.7. The molecule has 3 heterocycles. The summed E-state index contributed by atoms with van der Waals surface area (Å²) in [5.74, 6) is 0.0196. The van der Waals surface area contributed by atoms with Gasteiger partial charge in [-0.25, -0.2) is 0 Å². The Morgan fingerprint density at radius 2 is 1.73 bits per heavy atom. The molecule has 1 aromatic heterocycles. The molecule has 6 heteroatoms. The molecule has 154 valence electrons. The second-order valence-corrected chi connectivity index (χ2v) is 8.03. The molecule has 2 aromatic carbocycles. The number of morpholine rings is 1. The van der Waals surface area contributed by atoms with E-state index in [4.69, 9.17) is 4.74 Å². The molecule has 0 spiro atoms. The van der Waals surface area contributed by atoms with E-state index in [1.165, 1.54) is 12.8 Å². The molecular formula is C24H26N4O2. The molecule has 0 bridgehead atoms. The average molecular weight is 402 g/mol. The van der Waals surface area contributed by atoms with Gasteiger partial charge in [-0.15, -0.1) is 0 Å². The molecule has 0 unspecified atom stereocenters. The zero-order valence-corrected chi connectivity index (χ0v) is 17.0. The number of nitrogens with zero attached hydrogens (tertiary/aromatic N) is 4. The van der Waals surface area contributed by atoms with Crippen LogP contribution in [0.15, 0.2) is 60.9 Å². The van der Waals surface area contributed by atoms with Crippen LogP contribution in [0.25, 0.3) is 11.0 Å². The summed E-state index contributed by atoms with van der Waals surface area (Å²) in [5.41, 5.74) is 3.30. The lowest BCUT2D eigenvalue weighted by Crippen LogP contribution is -2.51. The van der Waals surface area contributed by atoms with E-state index in [2.05, 4.69) is 27.0 Å². The van der Waals surface area contributed by atoms with Gasteiger partial charge in [0.15, 0.2) is 0 Å². The van der Waals surface area contributed by atoms with Gasteiger partial charge in [0.2, 0.25) is 0 Å². The van der Waals surface area contributed by atoms with Crippen molar-refractivity contribution < 1.29 is 9.53 Å². The predicted octanol–water partition coefficient (Wildman–Crippen LogP) is 3.31. The summed E-state index contributed by atoms with van der Waals surface area (Å²) in [6.45, 7) is 4.21. The third kappa shape index (κ3) is 3.80. The van der Waals surface area contributed by atoms with Gasteiger partial charge < -0.3 is 14.5 Å². The normalized spacial score (nSPS) is 22.5. The molecule has 2 saturated heterocycles. The van der Waals surface area contributed by atoms with E-state index in [0.29, 0.717) is 18.7 Å². The van der Waals surface area contributed by atoms with Crippen LogP contribution in [-0.4, -0.2) is 64.6 Å². The van der Waals surface area contributed by atoms with E-state index in [9.17, 15) is 4.79 Å². The maximum Gasteiger partial charge on any atom is 0.254 e. The van der Waals surface area contributed by atoms with Gasteiger partial charge in [0.05, 0.1) is 29.8 Å². The molecule has 0 saturated carbocycles. The van der Waals surface area contributed by atoms with Crippen molar-refractivity contribution in [1.29, 1.82) is 0 Å². The number of hydrogen-bond acceptors (Lipinski definition) is 5. The predicted molar refractivity (Wildman–Crippen MR) is 115 cm³/mol. The van der Waals surface area contributed by atoms with Crippen molar-refractivity contribution in [1.82, 2.24) is 19.8 Å². The molecule has 0 aliphatic carbocycles. The summed E-state index contributed by atoms with van der Waals surface area (Å²) in [5, 5.41) is 0. The Hall–Kier alpha value is -2.83. The van der Waals surface area contributed by atoms with Crippen molar-refractivity contribution in [2.45, 2.75) is 25.0 Å². The van der Waals surface area contributed by atoms with E-state index >= 15 is 0 Å². The van der Waals surface area contributed by atoms with Crippen molar-refractivity contribution in [3.05, 3.63) is 72.1 Å². The van der Waals surface area contributed by atoms with Gasteiger partial charge in [-0.3, -0.25) is 14.8 Å². The number of carbonyl (C=O) groups excluding carboxylic acids is 1. The Morgan fingerprint density at radius 3 is 2.53 bits per heavy atom. The number of aromatic nitrogens is 2. The number of ether oxygens (including phenoxy) is 1. The minimum atomic E-state index is -0.106. The molecule has 2 aliphatic rings. The Bertz CT molecular complexity index is 1020. The summed E-state index contributed by atoms with van der Waals surface area (Å²) in [4.78, 5) is 26.7.